The number of halogens is 1. The van der Waals surface area contributed by atoms with Gasteiger partial charge in [-0.2, -0.15) is 0 Å². The van der Waals surface area contributed by atoms with Gasteiger partial charge in [0.1, 0.15) is 5.75 Å². The van der Waals surface area contributed by atoms with Gasteiger partial charge >= 0.3 is 0 Å². The Kier molecular flexibility index (Phi) is 4.45. The number of hydrogen-bond acceptors (Lipinski definition) is 2. The van der Waals surface area contributed by atoms with Gasteiger partial charge in [-0.15, -0.1) is 0 Å². The van der Waals surface area contributed by atoms with Gasteiger partial charge in [-0.1, -0.05) is 48.9 Å². The summed E-state index contributed by atoms with van der Waals surface area (Å²) in [5.74, 6) is 1.04. The maximum atomic E-state index is 6.24. The minimum Gasteiger partial charge on any atom is -0.492 e. The second-order valence-electron chi connectivity index (χ2n) is 5.18. The first-order chi connectivity index (χ1) is 10.8. The van der Waals surface area contributed by atoms with Crippen LogP contribution < -0.4 is 4.74 Å². The van der Waals surface area contributed by atoms with E-state index in [9.17, 15) is 0 Å². The number of benzene rings is 2. The highest BCUT2D eigenvalue weighted by Gasteiger charge is 2.12. The van der Waals surface area contributed by atoms with Crippen LogP contribution in [0.15, 0.2) is 61.1 Å². The van der Waals surface area contributed by atoms with E-state index in [1.807, 2.05) is 54.7 Å². The lowest BCUT2D eigenvalue weighted by Crippen LogP contribution is -2.08. The number of aromatic amines is 1. The number of imidazole rings is 1. The summed E-state index contributed by atoms with van der Waals surface area (Å²) in [7, 11) is 0. The smallest absolute Gasteiger partial charge is 0.128 e. The molecule has 0 saturated heterocycles. The number of rotatable bonds is 5. The molecule has 1 N–H and O–H groups in total. The van der Waals surface area contributed by atoms with Crippen molar-refractivity contribution in [2.75, 3.05) is 6.61 Å². The molecule has 1 unspecified atom stereocenters. The Bertz CT molecular complexity index is 740. The molecular formula is C18H17ClN2O. The van der Waals surface area contributed by atoms with Crippen molar-refractivity contribution in [3.63, 3.8) is 0 Å². The average molecular weight is 313 g/mol. The lowest BCUT2D eigenvalue weighted by atomic mass is 10.0. The highest BCUT2D eigenvalue weighted by Crippen LogP contribution is 2.30. The first-order valence-electron chi connectivity index (χ1n) is 7.21. The van der Waals surface area contributed by atoms with Crippen LogP contribution in [0.1, 0.15) is 18.4 Å². The van der Waals surface area contributed by atoms with Gasteiger partial charge in [0, 0.05) is 22.7 Å². The molecule has 0 aliphatic carbocycles. The molecule has 1 heterocycles. The largest absolute Gasteiger partial charge is 0.492 e. The number of nitrogens with one attached hydrogen (secondary N) is 1. The van der Waals surface area contributed by atoms with Gasteiger partial charge in [0.2, 0.25) is 0 Å². The van der Waals surface area contributed by atoms with Crippen molar-refractivity contribution in [3.8, 4) is 17.0 Å². The fourth-order valence-corrected chi connectivity index (χ4v) is 2.71. The topological polar surface area (TPSA) is 37.9 Å². The number of nitrogens with zero attached hydrogens (tertiary/aromatic N) is 1. The van der Waals surface area contributed by atoms with Crippen LogP contribution in [0.3, 0.4) is 0 Å². The lowest BCUT2D eigenvalue weighted by molar-refractivity contribution is 0.297. The van der Waals surface area contributed by atoms with Crippen LogP contribution in [0.4, 0.5) is 0 Å². The summed E-state index contributed by atoms with van der Waals surface area (Å²) in [6, 6.07) is 15.8. The standard InChI is InChI=1S/C18H17ClN2O/c1-13(14-6-2-4-8-16(14)19)11-22-18-9-5-3-7-15(18)17-10-20-12-21-17/h2-10,12-13H,11H2,1H3,(H,20,21). The van der Waals surface area contributed by atoms with Crippen molar-refractivity contribution in [2.24, 2.45) is 0 Å². The molecule has 3 nitrogen and oxygen atoms in total. The van der Waals surface area contributed by atoms with E-state index in [2.05, 4.69) is 16.9 Å². The Morgan fingerprint density at radius 3 is 2.68 bits per heavy atom. The monoisotopic (exact) mass is 312 g/mol. The third kappa shape index (κ3) is 3.15. The SMILES string of the molecule is CC(COc1ccccc1-c1c[nH]cn1)c1ccccc1Cl. The van der Waals surface area contributed by atoms with Gasteiger partial charge < -0.3 is 9.72 Å². The Morgan fingerprint density at radius 2 is 1.91 bits per heavy atom. The van der Waals surface area contributed by atoms with Crippen molar-refractivity contribution in [1.82, 2.24) is 9.97 Å². The van der Waals surface area contributed by atoms with Crippen LogP contribution in [0.2, 0.25) is 5.02 Å². The van der Waals surface area contributed by atoms with Gasteiger partial charge in [-0.3, -0.25) is 0 Å². The highest BCUT2D eigenvalue weighted by atomic mass is 35.5. The first-order valence-corrected chi connectivity index (χ1v) is 7.59. The van der Waals surface area contributed by atoms with Crippen molar-refractivity contribution in [2.45, 2.75) is 12.8 Å². The average Bonchev–Trinajstić information content (AvgIpc) is 3.07. The highest BCUT2D eigenvalue weighted by molar-refractivity contribution is 6.31. The van der Waals surface area contributed by atoms with Gasteiger partial charge in [-0.25, -0.2) is 4.98 Å². The number of hydrogen-bond donors (Lipinski definition) is 1. The molecule has 2 aromatic carbocycles. The van der Waals surface area contributed by atoms with E-state index < -0.39 is 0 Å². The molecule has 1 aromatic heterocycles. The molecule has 0 aliphatic heterocycles. The molecule has 4 heteroatoms. The van der Waals surface area contributed by atoms with E-state index in [1.54, 1.807) is 6.33 Å². The Morgan fingerprint density at radius 1 is 1.14 bits per heavy atom. The van der Waals surface area contributed by atoms with E-state index in [4.69, 9.17) is 16.3 Å². The van der Waals surface area contributed by atoms with Crippen molar-refractivity contribution in [1.29, 1.82) is 0 Å². The maximum absolute atomic E-state index is 6.24. The Hall–Kier alpha value is -2.26. The minimum atomic E-state index is 0.209. The molecule has 3 rings (SSSR count). The molecule has 112 valence electrons. The third-order valence-electron chi connectivity index (χ3n) is 3.59. The van der Waals surface area contributed by atoms with E-state index >= 15 is 0 Å². The maximum Gasteiger partial charge on any atom is 0.128 e. The fraction of sp³-hybridized carbons (Fsp3) is 0.167. The molecule has 0 spiro atoms. The normalized spacial score (nSPS) is 12.1. The second kappa shape index (κ2) is 6.67. The summed E-state index contributed by atoms with van der Waals surface area (Å²) in [5.41, 5.74) is 2.96. The van der Waals surface area contributed by atoms with Crippen LogP contribution in [0, 0.1) is 0 Å². The number of H-pyrrole nitrogens is 1. The van der Waals surface area contributed by atoms with Gasteiger partial charge in [-0.05, 0) is 23.8 Å². The predicted octanol–water partition coefficient (Wildman–Crippen LogP) is 4.91. The summed E-state index contributed by atoms with van der Waals surface area (Å²) in [5, 5.41) is 0.777. The summed E-state index contributed by atoms with van der Waals surface area (Å²) in [6.45, 7) is 2.67. The van der Waals surface area contributed by atoms with E-state index in [0.717, 1.165) is 27.6 Å². The van der Waals surface area contributed by atoms with E-state index in [0.29, 0.717) is 6.61 Å². The van der Waals surface area contributed by atoms with Crippen LogP contribution >= 0.6 is 11.6 Å². The molecular weight excluding hydrogens is 296 g/mol. The van der Waals surface area contributed by atoms with Crippen molar-refractivity contribution < 1.29 is 4.74 Å². The molecule has 0 fully saturated rings. The van der Waals surface area contributed by atoms with Crippen LogP contribution in [0.25, 0.3) is 11.3 Å². The number of para-hydroxylation sites is 1. The number of aromatic nitrogens is 2. The van der Waals surface area contributed by atoms with Crippen LogP contribution in [-0.2, 0) is 0 Å². The molecule has 3 aromatic rings. The first kappa shape index (κ1) is 14.7. The summed E-state index contributed by atoms with van der Waals surface area (Å²) >= 11 is 6.24. The minimum absolute atomic E-state index is 0.209. The zero-order valence-corrected chi connectivity index (χ0v) is 13.0. The molecule has 0 radical (unpaired) electrons. The third-order valence-corrected chi connectivity index (χ3v) is 3.93. The van der Waals surface area contributed by atoms with E-state index in [1.165, 1.54) is 0 Å². The quantitative estimate of drug-likeness (QED) is 0.726. The summed E-state index contributed by atoms with van der Waals surface area (Å²) in [4.78, 5) is 7.26. The molecule has 0 aliphatic rings. The van der Waals surface area contributed by atoms with Crippen molar-refractivity contribution in [3.05, 3.63) is 71.6 Å². The fourth-order valence-electron chi connectivity index (χ4n) is 2.39. The Labute approximate surface area is 134 Å². The molecule has 22 heavy (non-hydrogen) atoms. The van der Waals surface area contributed by atoms with Crippen LogP contribution in [0.5, 0.6) is 5.75 Å². The number of ether oxygens (including phenoxy) is 1. The van der Waals surface area contributed by atoms with E-state index in [-0.39, 0.29) is 5.92 Å². The van der Waals surface area contributed by atoms with Crippen molar-refractivity contribution >= 4 is 11.6 Å². The van der Waals surface area contributed by atoms with Gasteiger partial charge in [0.15, 0.2) is 0 Å². The van der Waals surface area contributed by atoms with Crippen LogP contribution in [-0.4, -0.2) is 16.6 Å². The van der Waals surface area contributed by atoms with Gasteiger partial charge in [0.25, 0.3) is 0 Å². The summed E-state index contributed by atoms with van der Waals surface area (Å²) in [6.07, 6.45) is 3.53. The zero-order valence-electron chi connectivity index (χ0n) is 12.3. The molecule has 0 saturated carbocycles. The Balaban J connectivity index is 1.76. The molecule has 0 bridgehead atoms. The molecule has 0 amide bonds. The lowest BCUT2D eigenvalue weighted by Gasteiger charge is -2.16. The van der Waals surface area contributed by atoms with Gasteiger partial charge in [0.05, 0.1) is 18.6 Å². The predicted molar refractivity (Wildman–Crippen MR) is 89.4 cm³/mol. The molecule has 1 atom stereocenters. The zero-order chi connectivity index (χ0) is 15.4. The summed E-state index contributed by atoms with van der Waals surface area (Å²) < 4.78 is 6.02. The second-order valence-corrected chi connectivity index (χ2v) is 5.59.